The molecule has 5 fully saturated rings. The van der Waals surface area contributed by atoms with Crippen molar-refractivity contribution in [3.8, 4) is 11.4 Å². The highest BCUT2D eigenvalue weighted by molar-refractivity contribution is 5.98. The number of nitrogens with zero attached hydrogens (tertiary/aromatic N) is 2. The lowest BCUT2D eigenvalue weighted by atomic mass is 9.49. The first-order valence-electron chi connectivity index (χ1n) is 12.7. The molecule has 7 heteroatoms. The Balaban J connectivity index is 1.19. The number of likely N-dealkylation sites (tertiary alicyclic amines) is 1. The monoisotopic (exact) mass is 460 g/mol. The van der Waals surface area contributed by atoms with E-state index in [-0.39, 0.29) is 22.8 Å². The lowest BCUT2D eigenvalue weighted by Gasteiger charge is -2.56. The Morgan fingerprint density at radius 3 is 2.47 bits per heavy atom. The maximum absolute atomic E-state index is 13.9. The Bertz CT molecular complexity index is 1170. The standard InChI is InChI=1S/C27H32N4O3/c1-16-8-23(32)30-24(28-16)20-4-2-5-21(12-20)29-25(33)22-6-3-7-31(22)26(34)27-13-17-9-18(14-27)11-19(10-17)15-27/h2,4-5,8,12,17-19,22H,3,6-7,9-11,13-15H2,1H3,(H,29,33)(H,28,30,32). The van der Waals surface area contributed by atoms with Crippen molar-refractivity contribution in [1.29, 1.82) is 0 Å². The number of nitrogens with one attached hydrogen (secondary N) is 2. The van der Waals surface area contributed by atoms with Crippen LogP contribution in [0.1, 0.15) is 57.1 Å². The largest absolute Gasteiger partial charge is 0.330 e. The van der Waals surface area contributed by atoms with Gasteiger partial charge < -0.3 is 15.2 Å². The van der Waals surface area contributed by atoms with Crippen LogP contribution in [0.3, 0.4) is 0 Å². The van der Waals surface area contributed by atoms with Crippen molar-refractivity contribution in [2.24, 2.45) is 23.2 Å². The highest BCUT2D eigenvalue weighted by atomic mass is 16.2. The number of hydrogen-bond donors (Lipinski definition) is 2. The van der Waals surface area contributed by atoms with Gasteiger partial charge in [-0.2, -0.15) is 0 Å². The third-order valence-electron chi connectivity index (χ3n) is 8.58. The van der Waals surface area contributed by atoms with Crippen LogP contribution in [0.15, 0.2) is 35.1 Å². The number of carbonyl (C=O) groups excluding carboxylic acids is 2. The zero-order valence-corrected chi connectivity index (χ0v) is 19.7. The molecule has 1 saturated heterocycles. The molecule has 0 spiro atoms. The number of carbonyl (C=O) groups is 2. The van der Waals surface area contributed by atoms with E-state index in [1.807, 2.05) is 29.2 Å². The molecule has 2 amide bonds. The van der Waals surface area contributed by atoms with Gasteiger partial charge in [0, 0.05) is 29.6 Å². The van der Waals surface area contributed by atoms with Gasteiger partial charge in [0.15, 0.2) is 0 Å². The zero-order valence-electron chi connectivity index (χ0n) is 19.7. The minimum atomic E-state index is -0.416. The first-order chi connectivity index (χ1) is 16.4. The minimum Gasteiger partial charge on any atom is -0.330 e. The number of amides is 2. The van der Waals surface area contributed by atoms with Crippen LogP contribution in [0.4, 0.5) is 5.69 Å². The Morgan fingerprint density at radius 1 is 1.09 bits per heavy atom. The molecule has 1 unspecified atom stereocenters. The van der Waals surface area contributed by atoms with E-state index in [1.54, 1.807) is 6.92 Å². The second kappa shape index (κ2) is 8.07. The fraction of sp³-hybridized carbons (Fsp3) is 0.556. The third kappa shape index (κ3) is 3.75. The molecule has 2 N–H and O–H groups in total. The van der Waals surface area contributed by atoms with Crippen molar-refractivity contribution in [1.82, 2.24) is 14.9 Å². The van der Waals surface area contributed by atoms with Crippen LogP contribution >= 0.6 is 0 Å². The van der Waals surface area contributed by atoms with Crippen molar-refractivity contribution < 1.29 is 9.59 Å². The Labute approximate surface area is 199 Å². The summed E-state index contributed by atoms with van der Waals surface area (Å²) >= 11 is 0. The number of hydrogen-bond acceptors (Lipinski definition) is 4. The molecule has 2 heterocycles. The summed E-state index contributed by atoms with van der Waals surface area (Å²) in [6, 6.07) is 8.36. The molecule has 2 aromatic rings. The smallest absolute Gasteiger partial charge is 0.251 e. The maximum Gasteiger partial charge on any atom is 0.251 e. The molecule has 7 nitrogen and oxygen atoms in total. The Kier molecular flexibility index (Phi) is 5.12. The van der Waals surface area contributed by atoms with Gasteiger partial charge in [-0.25, -0.2) is 4.98 Å². The summed E-state index contributed by atoms with van der Waals surface area (Å²) in [6.45, 7) is 2.45. The predicted molar refractivity (Wildman–Crippen MR) is 129 cm³/mol. The highest BCUT2D eigenvalue weighted by Crippen LogP contribution is 2.60. The fourth-order valence-corrected chi connectivity index (χ4v) is 7.65. The van der Waals surface area contributed by atoms with E-state index in [0.29, 0.717) is 47.9 Å². The van der Waals surface area contributed by atoms with Gasteiger partial charge >= 0.3 is 0 Å². The number of H-pyrrole nitrogens is 1. The summed E-state index contributed by atoms with van der Waals surface area (Å²) in [6.07, 6.45) is 8.53. The normalized spacial score (nSPS) is 31.6. The van der Waals surface area contributed by atoms with Gasteiger partial charge in [-0.05, 0) is 88.2 Å². The molecule has 0 radical (unpaired) electrons. The Hall–Kier alpha value is -2.96. The Morgan fingerprint density at radius 2 is 1.79 bits per heavy atom. The van der Waals surface area contributed by atoms with E-state index < -0.39 is 6.04 Å². The number of rotatable bonds is 4. The lowest BCUT2D eigenvalue weighted by Crippen LogP contribution is -2.56. The summed E-state index contributed by atoms with van der Waals surface area (Å²) in [5, 5.41) is 3.03. The predicted octanol–water partition coefficient (Wildman–Crippen LogP) is 3.89. The van der Waals surface area contributed by atoms with Crippen LogP contribution < -0.4 is 10.9 Å². The van der Waals surface area contributed by atoms with Gasteiger partial charge in [0.25, 0.3) is 5.56 Å². The van der Waals surface area contributed by atoms with Gasteiger partial charge in [-0.15, -0.1) is 0 Å². The highest BCUT2D eigenvalue weighted by Gasteiger charge is 2.56. The van der Waals surface area contributed by atoms with E-state index in [9.17, 15) is 14.4 Å². The molecule has 5 aliphatic rings. The summed E-state index contributed by atoms with van der Waals surface area (Å²) < 4.78 is 0. The van der Waals surface area contributed by atoms with Crippen LogP contribution in [0.2, 0.25) is 0 Å². The average molecular weight is 461 g/mol. The maximum atomic E-state index is 13.9. The van der Waals surface area contributed by atoms with E-state index in [2.05, 4.69) is 15.3 Å². The number of aryl methyl sites for hydroxylation is 1. The first-order valence-corrected chi connectivity index (χ1v) is 12.7. The van der Waals surface area contributed by atoms with Gasteiger partial charge in [-0.3, -0.25) is 14.4 Å². The van der Waals surface area contributed by atoms with E-state index in [0.717, 1.165) is 31.2 Å². The van der Waals surface area contributed by atoms with E-state index >= 15 is 0 Å². The molecule has 1 atom stereocenters. The molecule has 4 saturated carbocycles. The van der Waals surface area contributed by atoms with Gasteiger partial charge in [0.2, 0.25) is 11.8 Å². The first kappa shape index (κ1) is 21.6. The molecule has 1 aliphatic heterocycles. The second-order valence-corrected chi connectivity index (χ2v) is 11.2. The van der Waals surface area contributed by atoms with Crippen molar-refractivity contribution in [2.75, 3.05) is 11.9 Å². The minimum absolute atomic E-state index is 0.126. The number of aromatic nitrogens is 2. The number of benzene rings is 1. The number of anilines is 1. The molecule has 7 rings (SSSR count). The van der Waals surface area contributed by atoms with Crippen LogP contribution in [-0.2, 0) is 9.59 Å². The molecule has 1 aromatic carbocycles. The molecular formula is C27H32N4O3. The average Bonchev–Trinajstić information content (AvgIpc) is 3.27. The number of aromatic amines is 1. The van der Waals surface area contributed by atoms with Crippen molar-refractivity contribution >= 4 is 17.5 Å². The topological polar surface area (TPSA) is 95.2 Å². The molecule has 34 heavy (non-hydrogen) atoms. The van der Waals surface area contributed by atoms with Crippen molar-refractivity contribution in [2.45, 2.75) is 64.3 Å². The molecule has 4 aliphatic carbocycles. The lowest BCUT2D eigenvalue weighted by molar-refractivity contribution is -0.160. The second-order valence-electron chi connectivity index (χ2n) is 11.2. The van der Waals surface area contributed by atoms with Gasteiger partial charge in [0.1, 0.15) is 11.9 Å². The van der Waals surface area contributed by atoms with E-state index in [1.165, 1.54) is 25.3 Å². The van der Waals surface area contributed by atoms with Gasteiger partial charge in [0.05, 0.1) is 5.41 Å². The van der Waals surface area contributed by atoms with Crippen molar-refractivity contribution in [3.63, 3.8) is 0 Å². The fourth-order valence-electron chi connectivity index (χ4n) is 7.65. The van der Waals surface area contributed by atoms with E-state index in [4.69, 9.17) is 0 Å². The summed E-state index contributed by atoms with van der Waals surface area (Å²) in [7, 11) is 0. The third-order valence-corrected chi connectivity index (χ3v) is 8.58. The van der Waals surface area contributed by atoms with Crippen LogP contribution in [-0.4, -0.2) is 39.3 Å². The molecule has 178 valence electrons. The zero-order chi connectivity index (χ0) is 23.4. The molecule has 4 bridgehead atoms. The van der Waals surface area contributed by atoms with Crippen LogP contribution in [0, 0.1) is 30.1 Å². The van der Waals surface area contributed by atoms with Gasteiger partial charge in [-0.1, -0.05) is 12.1 Å². The summed E-state index contributed by atoms with van der Waals surface area (Å²) in [4.78, 5) is 48.1. The summed E-state index contributed by atoms with van der Waals surface area (Å²) in [5.74, 6) is 2.69. The summed E-state index contributed by atoms with van der Waals surface area (Å²) in [5.41, 5.74) is 1.58. The SMILES string of the molecule is Cc1cc(=O)[nH]c(-c2cccc(NC(=O)C3CCCN3C(=O)C34CC5CC(CC(C5)C3)C4)c2)n1. The van der Waals surface area contributed by atoms with Crippen molar-refractivity contribution in [3.05, 3.63) is 46.4 Å². The molecule has 1 aromatic heterocycles. The van der Waals surface area contributed by atoms with Crippen LogP contribution in [0.5, 0.6) is 0 Å². The van der Waals surface area contributed by atoms with Crippen LogP contribution in [0.25, 0.3) is 11.4 Å². The molecular weight excluding hydrogens is 428 g/mol. The quantitative estimate of drug-likeness (QED) is 0.724.